The van der Waals surface area contributed by atoms with E-state index in [1.54, 1.807) is 36.9 Å². The van der Waals surface area contributed by atoms with Gasteiger partial charge in [-0.2, -0.15) is 11.8 Å². The third-order valence-electron chi connectivity index (χ3n) is 3.42. The van der Waals surface area contributed by atoms with E-state index in [1.807, 2.05) is 0 Å². The molecule has 0 saturated carbocycles. The fourth-order valence-corrected chi connectivity index (χ4v) is 3.18. The number of hydrogen-bond donors (Lipinski definition) is 3. The standard InChI is InChI=1S/C14H17N3O3S/c1-8-13(18)17-10-6-9(2-3-12(10)20-8)16-14(19)11-7-21-5-4-15-11/h2-3,6,8,11,15H,4-5,7H2,1H3,(H,16,19)(H,17,18). The van der Waals surface area contributed by atoms with Gasteiger partial charge in [0.15, 0.2) is 6.10 Å². The summed E-state index contributed by atoms with van der Waals surface area (Å²) < 4.78 is 5.48. The zero-order valence-corrected chi connectivity index (χ0v) is 12.5. The van der Waals surface area contributed by atoms with Crippen molar-refractivity contribution in [3.63, 3.8) is 0 Å². The lowest BCUT2D eigenvalue weighted by molar-refractivity contribution is -0.122. The minimum atomic E-state index is -0.499. The molecule has 0 aromatic heterocycles. The van der Waals surface area contributed by atoms with Crippen LogP contribution in [0.25, 0.3) is 0 Å². The van der Waals surface area contributed by atoms with Gasteiger partial charge in [-0.3, -0.25) is 9.59 Å². The Balaban J connectivity index is 1.70. The first kappa shape index (κ1) is 14.2. The minimum Gasteiger partial charge on any atom is -0.479 e. The van der Waals surface area contributed by atoms with Gasteiger partial charge in [-0.15, -0.1) is 0 Å². The Morgan fingerprint density at radius 2 is 2.33 bits per heavy atom. The molecule has 1 aromatic carbocycles. The smallest absolute Gasteiger partial charge is 0.265 e. The molecule has 7 heteroatoms. The first-order valence-electron chi connectivity index (χ1n) is 6.87. The van der Waals surface area contributed by atoms with Crippen LogP contribution >= 0.6 is 11.8 Å². The van der Waals surface area contributed by atoms with Gasteiger partial charge in [0, 0.05) is 23.7 Å². The van der Waals surface area contributed by atoms with Crippen LogP contribution in [0.3, 0.4) is 0 Å². The van der Waals surface area contributed by atoms with Crippen molar-refractivity contribution in [1.29, 1.82) is 0 Å². The summed E-state index contributed by atoms with van der Waals surface area (Å²) in [6.07, 6.45) is -0.499. The van der Waals surface area contributed by atoms with E-state index in [9.17, 15) is 9.59 Å². The second-order valence-electron chi connectivity index (χ2n) is 5.03. The van der Waals surface area contributed by atoms with Gasteiger partial charge in [-0.1, -0.05) is 0 Å². The van der Waals surface area contributed by atoms with Crippen LogP contribution in [0.15, 0.2) is 18.2 Å². The van der Waals surface area contributed by atoms with E-state index >= 15 is 0 Å². The van der Waals surface area contributed by atoms with Crippen LogP contribution < -0.4 is 20.7 Å². The summed E-state index contributed by atoms with van der Waals surface area (Å²) in [5.41, 5.74) is 1.23. The fourth-order valence-electron chi connectivity index (χ4n) is 2.25. The molecule has 0 radical (unpaired) electrons. The Bertz CT molecular complexity index is 573. The lowest BCUT2D eigenvalue weighted by Gasteiger charge is -2.25. The molecule has 3 rings (SSSR count). The summed E-state index contributed by atoms with van der Waals surface area (Å²) in [4.78, 5) is 23.7. The Morgan fingerprint density at radius 1 is 1.48 bits per heavy atom. The molecule has 1 saturated heterocycles. The number of benzene rings is 1. The van der Waals surface area contributed by atoms with Crippen molar-refractivity contribution < 1.29 is 14.3 Å². The lowest BCUT2D eigenvalue weighted by atomic mass is 10.2. The number of anilines is 2. The first-order chi connectivity index (χ1) is 10.1. The van der Waals surface area contributed by atoms with Crippen LogP contribution in [0.4, 0.5) is 11.4 Å². The molecule has 6 nitrogen and oxygen atoms in total. The molecule has 1 fully saturated rings. The van der Waals surface area contributed by atoms with Crippen molar-refractivity contribution in [3.8, 4) is 5.75 Å². The van der Waals surface area contributed by atoms with Crippen molar-refractivity contribution in [1.82, 2.24) is 5.32 Å². The highest BCUT2D eigenvalue weighted by Gasteiger charge is 2.25. The number of nitrogens with one attached hydrogen (secondary N) is 3. The van der Waals surface area contributed by atoms with E-state index in [4.69, 9.17) is 4.74 Å². The van der Waals surface area contributed by atoms with E-state index in [0.717, 1.165) is 18.1 Å². The van der Waals surface area contributed by atoms with E-state index in [0.29, 0.717) is 17.1 Å². The number of thioether (sulfide) groups is 1. The van der Waals surface area contributed by atoms with Gasteiger partial charge in [0.25, 0.3) is 5.91 Å². The molecule has 2 amide bonds. The topological polar surface area (TPSA) is 79.5 Å². The van der Waals surface area contributed by atoms with Gasteiger partial charge in [0.2, 0.25) is 5.91 Å². The summed E-state index contributed by atoms with van der Waals surface area (Å²) in [6.45, 7) is 2.54. The van der Waals surface area contributed by atoms with Crippen molar-refractivity contribution >= 4 is 35.0 Å². The molecule has 0 aliphatic carbocycles. The zero-order valence-electron chi connectivity index (χ0n) is 11.6. The predicted molar refractivity (Wildman–Crippen MR) is 82.9 cm³/mol. The Hall–Kier alpha value is -1.73. The molecule has 2 aliphatic heterocycles. The summed E-state index contributed by atoms with van der Waals surface area (Å²) in [7, 11) is 0. The number of amides is 2. The van der Waals surface area contributed by atoms with Gasteiger partial charge < -0.3 is 20.7 Å². The van der Waals surface area contributed by atoms with Crippen LogP contribution in [0.2, 0.25) is 0 Å². The monoisotopic (exact) mass is 307 g/mol. The van der Waals surface area contributed by atoms with Gasteiger partial charge in [-0.05, 0) is 25.1 Å². The Labute approximate surface area is 127 Å². The van der Waals surface area contributed by atoms with E-state index in [-0.39, 0.29) is 17.9 Å². The number of hydrogen-bond acceptors (Lipinski definition) is 5. The summed E-state index contributed by atoms with van der Waals surface area (Å²) in [5.74, 6) is 2.18. The maximum absolute atomic E-state index is 12.1. The van der Waals surface area contributed by atoms with Crippen LogP contribution in [-0.4, -0.2) is 42.0 Å². The molecular formula is C14H17N3O3S. The maximum Gasteiger partial charge on any atom is 0.265 e. The van der Waals surface area contributed by atoms with Gasteiger partial charge >= 0.3 is 0 Å². The molecule has 2 unspecified atom stereocenters. The van der Waals surface area contributed by atoms with Crippen molar-refractivity contribution in [2.45, 2.75) is 19.1 Å². The molecule has 3 N–H and O–H groups in total. The van der Waals surface area contributed by atoms with Crippen molar-refractivity contribution in [2.75, 3.05) is 28.7 Å². The predicted octanol–water partition coefficient (Wildman–Crippen LogP) is 1.05. The maximum atomic E-state index is 12.1. The largest absolute Gasteiger partial charge is 0.479 e. The summed E-state index contributed by atoms with van der Waals surface area (Å²) in [5, 5.41) is 8.82. The van der Waals surface area contributed by atoms with E-state index in [2.05, 4.69) is 16.0 Å². The minimum absolute atomic E-state index is 0.0569. The SMILES string of the molecule is CC1Oc2ccc(NC(=O)C3CSCCN3)cc2NC1=O. The molecular weight excluding hydrogens is 290 g/mol. The molecule has 2 atom stereocenters. The molecule has 112 valence electrons. The normalized spacial score (nSPS) is 24.5. The molecule has 2 heterocycles. The van der Waals surface area contributed by atoms with Crippen molar-refractivity contribution in [2.24, 2.45) is 0 Å². The second kappa shape index (κ2) is 5.95. The third-order valence-corrected chi connectivity index (χ3v) is 4.48. The highest BCUT2D eigenvalue weighted by Crippen LogP contribution is 2.32. The highest BCUT2D eigenvalue weighted by atomic mass is 32.2. The molecule has 0 bridgehead atoms. The fraction of sp³-hybridized carbons (Fsp3) is 0.429. The molecule has 1 aromatic rings. The van der Waals surface area contributed by atoms with Gasteiger partial charge in [0.05, 0.1) is 11.7 Å². The highest BCUT2D eigenvalue weighted by molar-refractivity contribution is 7.99. The number of carbonyl (C=O) groups excluding carboxylic acids is 2. The van der Waals surface area contributed by atoms with Crippen LogP contribution in [0, 0.1) is 0 Å². The van der Waals surface area contributed by atoms with Gasteiger partial charge in [0.1, 0.15) is 5.75 Å². The zero-order chi connectivity index (χ0) is 14.8. The molecule has 2 aliphatic rings. The Morgan fingerprint density at radius 3 is 3.10 bits per heavy atom. The average Bonchev–Trinajstić information content (AvgIpc) is 2.49. The third kappa shape index (κ3) is 3.14. The van der Waals surface area contributed by atoms with E-state index < -0.39 is 6.10 Å². The number of rotatable bonds is 2. The summed E-state index contributed by atoms with van der Waals surface area (Å²) >= 11 is 1.76. The molecule has 0 spiro atoms. The average molecular weight is 307 g/mol. The van der Waals surface area contributed by atoms with E-state index in [1.165, 1.54) is 0 Å². The van der Waals surface area contributed by atoms with Gasteiger partial charge in [-0.25, -0.2) is 0 Å². The van der Waals surface area contributed by atoms with Crippen LogP contribution in [0.5, 0.6) is 5.75 Å². The first-order valence-corrected chi connectivity index (χ1v) is 8.02. The number of fused-ring (bicyclic) bond motifs is 1. The quantitative estimate of drug-likeness (QED) is 0.761. The van der Waals surface area contributed by atoms with Crippen LogP contribution in [-0.2, 0) is 9.59 Å². The summed E-state index contributed by atoms with van der Waals surface area (Å²) in [6, 6.07) is 5.07. The van der Waals surface area contributed by atoms with Crippen LogP contribution in [0.1, 0.15) is 6.92 Å². The Kier molecular flexibility index (Phi) is 4.03. The number of ether oxygens (including phenoxy) is 1. The second-order valence-corrected chi connectivity index (χ2v) is 6.18. The molecule has 21 heavy (non-hydrogen) atoms. The lowest BCUT2D eigenvalue weighted by Crippen LogP contribution is -2.46. The number of carbonyl (C=O) groups is 2. The van der Waals surface area contributed by atoms with Crippen molar-refractivity contribution in [3.05, 3.63) is 18.2 Å².